The van der Waals surface area contributed by atoms with E-state index in [-0.39, 0.29) is 70.6 Å². The Hall–Kier alpha value is -4.90. The van der Waals surface area contributed by atoms with Crippen LogP contribution in [-0.4, -0.2) is 83.4 Å². The monoisotopic (exact) mass is 728 g/mol. The molecule has 2 aliphatic carbocycles. The highest BCUT2D eigenvalue weighted by atomic mass is 35.5. The van der Waals surface area contributed by atoms with E-state index in [4.69, 9.17) is 16.3 Å². The third-order valence-electron chi connectivity index (χ3n) is 10.4. The fourth-order valence-electron chi connectivity index (χ4n) is 7.88. The lowest BCUT2D eigenvalue weighted by Crippen LogP contribution is -2.55. The Morgan fingerprint density at radius 1 is 1.24 bits per heavy atom. The highest BCUT2D eigenvalue weighted by Gasteiger charge is 2.68. The Balaban J connectivity index is 1.19. The maximum absolute atomic E-state index is 16.8. The van der Waals surface area contributed by atoms with Gasteiger partial charge in [-0.1, -0.05) is 17.7 Å². The van der Waals surface area contributed by atoms with E-state index in [1.165, 1.54) is 16.4 Å². The van der Waals surface area contributed by atoms with Crippen molar-refractivity contribution in [2.24, 2.45) is 5.92 Å². The van der Waals surface area contributed by atoms with Crippen LogP contribution >= 0.6 is 11.6 Å². The molecular formula is C33H29ClF4N8O5. The molecule has 1 aromatic carbocycles. The second-order valence-corrected chi connectivity index (χ2v) is 13.6. The van der Waals surface area contributed by atoms with Crippen molar-refractivity contribution in [3.8, 4) is 5.75 Å². The zero-order valence-corrected chi connectivity index (χ0v) is 27.6. The van der Waals surface area contributed by atoms with Crippen molar-refractivity contribution in [2.75, 3.05) is 31.6 Å². The van der Waals surface area contributed by atoms with Crippen LogP contribution in [0.5, 0.6) is 5.75 Å². The van der Waals surface area contributed by atoms with E-state index in [0.717, 1.165) is 28.5 Å². The number of aryl methyl sites for hydroxylation is 1. The molecule has 0 radical (unpaired) electrons. The number of hydrogen-bond donors (Lipinski definition) is 2. The number of rotatable bonds is 5. The summed E-state index contributed by atoms with van der Waals surface area (Å²) in [6.07, 6.45) is -2.32. The SMILES string of the molecule is Cc1ncnc(C(=O)N2CC[C@]3(c4c(n(CC(=O)Nc5ccc(C(F)(F)F)cc5Cl)c5nc(C6=CCOCC6)nn5c4=O)[C@@H]4C[C@@H]43)[C@@H](F)C2)c1O. The van der Waals surface area contributed by atoms with Crippen molar-refractivity contribution in [2.45, 2.75) is 56.4 Å². The minimum Gasteiger partial charge on any atom is -0.504 e. The van der Waals surface area contributed by atoms with Crippen LogP contribution in [0.3, 0.4) is 0 Å². The highest BCUT2D eigenvalue weighted by molar-refractivity contribution is 6.33. The van der Waals surface area contributed by atoms with Gasteiger partial charge in [0.1, 0.15) is 19.0 Å². The number of fused-ring (bicyclic) bond motifs is 6. The van der Waals surface area contributed by atoms with Gasteiger partial charge in [0.05, 0.1) is 41.7 Å². The number of benzene rings is 1. The van der Waals surface area contributed by atoms with Crippen molar-refractivity contribution in [1.82, 2.24) is 34.0 Å². The molecule has 1 saturated heterocycles. The summed E-state index contributed by atoms with van der Waals surface area (Å²) in [6.45, 7) is 1.50. The van der Waals surface area contributed by atoms with Gasteiger partial charge in [0, 0.05) is 29.1 Å². The van der Waals surface area contributed by atoms with Crippen molar-refractivity contribution >= 4 is 40.5 Å². The van der Waals surface area contributed by atoms with Gasteiger partial charge in [-0.2, -0.15) is 22.7 Å². The fraction of sp³-hybridized carbons (Fsp3) is 0.424. The number of ether oxygens (including phenoxy) is 1. The number of alkyl halides is 4. The first-order valence-corrected chi connectivity index (χ1v) is 16.6. The van der Waals surface area contributed by atoms with Gasteiger partial charge in [-0.25, -0.2) is 14.4 Å². The molecule has 8 rings (SSSR count). The molecule has 5 heterocycles. The van der Waals surface area contributed by atoms with Gasteiger partial charge in [0.2, 0.25) is 11.7 Å². The second kappa shape index (κ2) is 11.8. The highest BCUT2D eigenvalue weighted by Crippen LogP contribution is 2.68. The number of nitrogens with zero attached hydrogens (tertiary/aromatic N) is 7. The van der Waals surface area contributed by atoms with Crippen LogP contribution in [0.25, 0.3) is 11.4 Å². The zero-order chi connectivity index (χ0) is 36.0. The molecule has 4 aromatic rings. The van der Waals surface area contributed by atoms with Crippen LogP contribution in [0.4, 0.5) is 23.2 Å². The molecule has 0 unspecified atom stereocenters. The summed E-state index contributed by atoms with van der Waals surface area (Å²) in [5.74, 6) is -2.03. The van der Waals surface area contributed by atoms with Crippen LogP contribution in [-0.2, 0) is 27.7 Å². The third-order valence-corrected chi connectivity index (χ3v) is 10.7. The number of halogens is 5. The van der Waals surface area contributed by atoms with Gasteiger partial charge in [0.15, 0.2) is 17.3 Å². The standard InChI is InChI=1S/C33H29ClF4N8O5/c1-15-27(48)25(40-14-39-15)30(50)44-7-6-32(22(35)12-44)19-11-18(19)26-24(32)29(49)46-31(42-28(43-46)16-4-8-51-9-5-16)45(26)13-23(47)41-21-3-2-17(10-20(21)34)33(36,37)38/h2-4,10,14,18-19,22,48H,5-9,11-13H2,1H3,(H,41,47)/t18-,19+,22+,32-/m1/s1. The molecule has 2 amide bonds. The maximum atomic E-state index is 16.8. The topological polar surface area (TPSA) is 157 Å². The second-order valence-electron chi connectivity index (χ2n) is 13.2. The molecule has 266 valence electrons. The Morgan fingerprint density at radius 3 is 2.75 bits per heavy atom. The van der Waals surface area contributed by atoms with Gasteiger partial charge in [-0.05, 0) is 55.9 Å². The van der Waals surface area contributed by atoms with E-state index in [1.54, 1.807) is 6.08 Å². The van der Waals surface area contributed by atoms with Gasteiger partial charge < -0.3 is 24.6 Å². The summed E-state index contributed by atoms with van der Waals surface area (Å²) in [5, 5.41) is 17.2. The van der Waals surface area contributed by atoms with Crippen LogP contribution in [0.15, 0.2) is 35.4 Å². The van der Waals surface area contributed by atoms with Gasteiger partial charge in [-0.3, -0.25) is 14.4 Å². The number of anilines is 1. The molecule has 2 fully saturated rings. The number of nitrogens with one attached hydrogen (secondary N) is 1. The lowest BCUT2D eigenvalue weighted by Gasteiger charge is -2.43. The number of carbonyl (C=O) groups excluding carboxylic acids is 2. The summed E-state index contributed by atoms with van der Waals surface area (Å²) in [7, 11) is 0. The van der Waals surface area contributed by atoms with Crippen LogP contribution in [0.1, 0.15) is 64.0 Å². The average Bonchev–Trinajstić information content (AvgIpc) is 3.67. The molecule has 2 aliphatic heterocycles. The van der Waals surface area contributed by atoms with E-state index in [1.807, 2.05) is 0 Å². The Morgan fingerprint density at radius 2 is 2.04 bits per heavy atom. The zero-order valence-electron chi connectivity index (χ0n) is 26.9. The number of aromatic nitrogens is 6. The average molecular weight is 729 g/mol. The predicted molar refractivity (Wildman–Crippen MR) is 172 cm³/mol. The van der Waals surface area contributed by atoms with Crippen LogP contribution in [0, 0.1) is 12.8 Å². The summed E-state index contributed by atoms with van der Waals surface area (Å²) >= 11 is 6.12. The van der Waals surface area contributed by atoms with Gasteiger partial charge in [0.25, 0.3) is 11.5 Å². The van der Waals surface area contributed by atoms with E-state index in [0.29, 0.717) is 37.8 Å². The number of piperidine rings is 1. The fourth-order valence-corrected chi connectivity index (χ4v) is 8.11. The van der Waals surface area contributed by atoms with E-state index < -0.39 is 53.0 Å². The molecular weight excluding hydrogens is 700 g/mol. The van der Waals surface area contributed by atoms with E-state index in [2.05, 4.69) is 25.4 Å². The molecule has 4 atom stereocenters. The lowest BCUT2D eigenvalue weighted by molar-refractivity contribution is -0.137. The van der Waals surface area contributed by atoms with Crippen LogP contribution < -0.4 is 10.9 Å². The van der Waals surface area contributed by atoms with Crippen molar-refractivity contribution in [3.63, 3.8) is 0 Å². The third kappa shape index (κ3) is 5.27. The van der Waals surface area contributed by atoms with Crippen molar-refractivity contribution < 1.29 is 37.0 Å². The maximum Gasteiger partial charge on any atom is 0.416 e. The summed E-state index contributed by atoms with van der Waals surface area (Å²) < 4.78 is 64.5. The number of aromatic hydroxyl groups is 1. The van der Waals surface area contributed by atoms with Gasteiger partial charge in [-0.15, -0.1) is 5.10 Å². The van der Waals surface area contributed by atoms with Crippen molar-refractivity contribution in [3.05, 3.63) is 80.0 Å². The molecule has 2 N–H and O–H groups in total. The normalized spacial score (nSPS) is 24.0. The Bertz CT molecular complexity index is 2240. The molecule has 1 saturated carbocycles. The Kier molecular flexibility index (Phi) is 7.72. The Labute approximate surface area is 290 Å². The first-order chi connectivity index (χ1) is 24.3. The largest absolute Gasteiger partial charge is 0.504 e. The summed E-state index contributed by atoms with van der Waals surface area (Å²) in [4.78, 5) is 55.1. The number of carbonyl (C=O) groups is 2. The smallest absolute Gasteiger partial charge is 0.416 e. The minimum absolute atomic E-state index is 0.0511. The molecule has 51 heavy (non-hydrogen) atoms. The minimum atomic E-state index is -4.63. The number of hydrogen-bond acceptors (Lipinski definition) is 9. The molecule has 1 spiro atoms. The quantitative estimate of drug-likeness (QED) is 0.290. The first-order valence-electron chi connectivity index (χ1n) is 16.2. The van der Waals surface area contributed by atoms with Crippen LogP contribution in [0.2, 0.25) is 5.02 Å². The van der Waals surface area contributed by atoms with E-state index in [9.17, 15) is 32.7 Å². The number of amides is 2. The van der Waals surface area contributed by atoms with Gasteiger partial charge >= 0.3 is 6.18 Å². The summed E-state index contributed by atoms with van der Waals surface area (Å²) in [5.41, 5.74) is -1.63. The predicted octanol–water partition coefficient (Wildman–Crippen LogP) is 4.05. The van der Waals surface area contributed by atoms with E-state index >= 15 is 4.39 Å². The van der Waals surface area contributed by atoms with Crippen molar-refractivity contribution in [1.29, 1.82) is 0 Å². The summed E-state index contributed by atoms with van der Waals surface area (Å²) in [6, 6.07) is 2.56. The lowest BCUT2D eigenvalue weighted by atomic mass is 9.70. The molecule has 3 aromatic heterocycles. The molecule has 13 nitrogen and oxygen atoms in total. The molecule has 18 heteroatoms. The first kappa shape index (κ1) is 33.3. The molecule has 0 bridgehead atoms. The molecule has 4 aliphatic rings. The number of likely N-dealkylation sites (tertiary alicyclic amines) is 1.